The average Bonchev–Trinajstić information content (AvgIpc) is 3.05. The molecule has 148 valence electrons. The number of benzene rings is 2. The lowest BCUT2D eigenvalue weighted by atomic mass is 9.89. The van der Waals surface area contributed by atoms with Crippen molar-refractivity contribution in [2.45, 2.75) is 31.7 Å². The first-order valence-corrected chi connectivity index (χ1v) is 10.8. The standard InChI is InChI=1S/C24H31N3O/c1-3-28-23-10-5-4-7-18(23)11-13-26-14-12-21-20(17-26)19-8-6-9-22-24(19)27(21)16-15-25(22)2/h4-10,20-21H,3,11-17H2,1-2H3/t20-,21-/m0/s1. The van der Waals surface area contributed by atoms with Crippen molar-refractivity contribution in [2.75, 3.05) is 56.2 Å². The van der Waals surface area contributed by atoms with E-state index in [0.717, 1.165) is 31.9 Å². The van der Waals surface area contributed by atoms with Crippen molar-refractivity contribution >= 4 is 11.4 Å². The maximum atomic E-state index is 5.82. The maximum absolute atomic E-state index is 5.82. The Morgan fingerprint density at radius 3 is 2.82 bits per heavy atom. The van der Waals surface area contributed by atoms with E-state index in [1.165, 1.54) is 43.0 Å². The van der Waals surface area contributed by atoms with Crippen LogP contribution in [0.2, 0.25) is 0 Å². The molecule has 0 aromatic heterocycles. The molecule has 4 heteroatoms. The normalized spacial score (nSPS) is 23.5. The summed E-state index contributed by atoms with van der Waals surface area (Å²) in [6.07, 6.45) is 2.34. The predicted octanol–water partition coefficient (Wildman–Crippen LogP) is 3.76. The molecule has 0 unspecified atom stereocenters. The van der Waals surface area contributed by atoms with Crippen molar-refractivity contribution < 1.29 is 4.74 Å². The first-order chi connectivity index (χ1) is 13.8. The van der Waals surface area contributed by atoms with Gasteiger partial charge in [0.1, 0.15) is 5.75 Å². The molecule has 3 aliphatic heterocycles. The van der Waals surface area contributed by atoms with Crippen molar-refractivity contribution in [3.05, 3.63) is 53.6 Å². The monoisotopic (exact) mass is 377 g/mol. The van der Waals surface area contributed by atoms with Gasteiger partial charge in [0.05, 0.1) is 18.0 Å². The van der Waals surface area contributed by atoms with E-state index in [1.807, 2.05) is 0 Å². The highest BCUT2D eigenvalue weighted by molar-refractivity contribution is 5.80. The lowest BCUT2D eigenvalue weighted by Crippen LogP contribution is -2.49. The lowest BCUT2D eigenvalue weighted by Gasteiger charge is -2.41. The topological polar surface area (TPSA) is 19.0 Å². The molecule has 2 atom stereocenters. The van der Waals surface area contributed by atoms with E-state index in [2.05, 4.69) is 71.1 Å². The Labute approximate surface area is 168 Å². The van der Waals surface area contributed by atoms with Gasteiger partial charge in [0.15, 0.2) is 0 Å². The van der Waals surface area contributed by atoms with Gasteiger partial charge in [-0.15, -0.1) is 0 Å². The molecular weight excluding hydrogens is 346 g/mol. The number of likely N-dealkylation sites (tertiary alicyclic amines) is 1. The largest absolute Gasteiger partial charge is 0.494 e. The molecule has 3 heterocycles. The van der Waals surface area contributed by atoms with Gasteiger partial charge in [-0.05, 0) is 43.0 Å². The van der Waals surface area contributed by atoms with E-state index in [9.17, 15) is 0 Å². The molecule has 0 radical (unpaired) electrons. The average molecular weight is 378 g/mol. The number of likely N-dealkylation sites (N-methyl/N-ethyl adjacent to an activating group) is 1. The van der Waals surface area contributed by atoms with Gasteiger partial charge in [-0.3, -0.25) is 0 Å². The second kappa shape index (κ2) is 7.32. The van der Waals surface area contributed by atoms with Crippen LogP contribution in [0.4, 0.5) is 11.4 Å². The quantitative estimate of drug-likeness (QED) is 0.790. The fourth-order valence-corrected chi connectivity index (χ4v) is 5.46. The molecule has 0 amide bonds. The minimum Gasteiger partial charge on any atom is -0.494 e. The zero-order chi connectivity index (χ0) is 19.1. The van der Waals surface area contributed by atoms with Crippen molar-refractivity contribution in [1.82, 2.24) is 4.90 Å². The SMILES string of the molecule is CCOc1ccccc1CCN1CC[C@H]2[C@@H](C1)c1cccc3c1N2CCN3C. The van der Waals surface area contributed by atoms with Crippen LogP contribution >= 0.6 is 0 Å². The Hall–Kier alpha value is -2.20. The molecule has 28 heavy (non-hydrogen) atoms. The first-order valence-electron chi connectivity index (χ1n) is 10.8. The number of para-hydroxylation sites is 2. The first kappa shape index (κ1) is 17.9. The minimum absolute atomic E-state index is 0.650. The fourth-order valence-electron chi connectivity index (χ4n) is 5.46. The Balaban J connectivity index is 1.32. The van der Waals surface area contributed by atoms with Crippen molar-refractivity contribution in [2.24, 2.45) is 0 Å². The molecule has 5 rings (SSSR count). The summed E-state index contributed by atoms with van der Waals surface area (Å²) in [4.78, 5) is 7.82. The van der Waals surface area contributed by atoms with Gasteiger partial charge < -0.3 is 19.4 Å². The third-order valence-electron chi connectivity index (χ3n) is 6.85. The summed E-state index contributed by atoms with van der Waals surface area (Å²) in [5, 5.41) is 0. The summed E-state index contributed by atoms with van der Waals surface area (Å²) >= 11 is 0. The number of piperidine rings is 1. The van der Waals surface area contributed by atoms with Crippen LogP contribution in [0.25, 0.3) is 0 Å². The second-order valence-corrected chi connectivity index (χ2v) is 8.38. The molecule has 0 saturated carbocycles. The maximum Gasteiger partial charge on any atom is 0.122 e. The zero-order valence-corrected chi connectivity index (χ0v) is 17.1. The highest BCUT2D eigenvalue weighted by Gasteiger charge is 2.44. The molecule has 1 saturated heterocycles. The van der Waals surface area contributed by atoms with Crippen LogP contribution in [0.1, 0.15) is 30.4 Å². The van der Waals surface area contributed by atoms with Gasteiger partial charge in [-0.2, -0.15) is 0 Å². The molecule has 0 spiro atoms. The van der Waals surface area contributed by atoms with Crippen LogP contribution in [-0.4, -0.2) is 57.3 Å². The van der Waals surface area contributed by atoms with E-state index in [4.69, 9.17) is 4.74 Å². The summed E-state index contributed by atoms with van der Waals surface area (Å²) < 4.78 is 5.82. The number of fused-ring (bicyclic) bond motifs is 3. The van der Waals surface area contributed by atoms with Crippen molar-refractivity contribution in [3.8, 4) is 5.75 Å². The number of rotatable bonds is 5. The van der Waals surface area contributed by atoms with Crippen LogP contribution in [0.15, 0.2) is 42.5 Å². The molecule has 2 aromatic rings. The van der Waals surface area contributed by atoms with Crippen molar-refractivity contribution in [1.29, 1.82) is 0 Å². The number of anilines is 2. The van der Waals surface area contributed by atoms with Crippen LogP contribution in [0, 0.1) is 0 Å². The third kappa shape index (κ3) is 2.95. The van der Waals surface area contributed by atoms with Gasteiger partial charge in [-0.25, -0.2) is 0 Å². The van der Waals surface area contributed by atoms with Gasteiger partial charge in [0.25, 0.3) is 0 Å². The summed E-state index contributed by atoms with van der Waals surface area (Å²) in [5.41, 5.74) is 5.86. The predicted molar refractivity (Wildman–Crippen MR) is 116 cm³/mol. The van der Waals surface area contributed by atoms with Crippen molar-refractivity contribution in [3.63, 3.8) is 0 Å². The van der Waals surface area contributed by atoms with Gasteiger partial charge in [0.2, 0.25) is 0 Å². The van der Waals surface area contributed by atoms with Gasteiger partial charge >= 0.3 is 0 Å². The van der Waals surface area contributed by atoms with Crippen LogP contribution in [-0.2, 0) is 6.42 Å². The molecule has 0 N–H and O–H groups in total. The van der Waals surface area contributed by atoms with E-state index in [-0.39, 0.29) is 0 Å². The molecule has 1 fully saturated rings. The molecule has 0 bridgehead atoms. The number of hydrogen-bond donors (Lipinski definition) is 0. The Kier molecular flexibility index (Phi) is 4.67. The Bertz CT molecular complexity index is 851. The minimum atomic E-state index is 0.650. The molecular formula is C24H31N3O. The van der Waals surface area contributed by atoms with E-state index < -0.39 is 0 Å². The summed E-state index contributed by atoms with van der Waals surface area (Å²) in [5.74, 6) is 1.70. The van der Waals surface area contributed by atoms with Crippen LogP contribution in [0.3, 0.4) is 0 Å². The molecule has 3 aliphatic rings. The lowest BCUT2D eigenvalue weighted by molar-refractivity contribution is 0.194. The zero-order valence-electron chi connectivity index (χ0n) is 17.1. The van der Waals surface area contributed by atoms with E-state index >= 15 is 0 Å². The van der Waals surface area contributed by atoms with Crippen LogP contribution in [0.5, 0.6) is 5.75 Å². The van der Waals surface area contributed by atoms with E-state index in [1.54, 1.807) is 5.56 Å². The summed E-state index contributed by atoms with van der Waals surface area (Å²) in [7, 11) is 2.23. The summed E-state index contributed by atoms with van der Waals surface area (Å²) in [6.45, 7) is 8.59. The molecule has 4 nitrogen and oxygen atoms in total. The van der Waals surface area contributed by atoms with Gasteiger partial charge in [0, 0.05) is 51.7 Å². The highest BCUT2D eigenvalue weighted by atomic mass is 16.5. The Morgan fingerprint density at radius 2 is 1.93 bits per heavy atom. The van der Waals surface area contributed by atoms with Crippen LogP contribution < -0.4 is 14.5 Å². The highest BCUT2D eigenvalue weighted by Crippen LogP contribution is 2.50. The number of hydrogen-bond acceptors (Lipinski definition) is 4. The number of ether oxygens (including phenoxy) is 1. The third-order valence-corrected chi connectivity index (χ3v) is 6.85. The fraction of sp³-hybridized carbons (Fsp3) is 0.500. The summed E-state index contributed by atoms with van der Waals surface area (Å²) in [6, 6.07) is 16.1. The number of nitrogens with zero attached hydrogens (tertiary/aromatic N) is 3. The molecule has 0 aliphatic carbocycles. The molecule has 2 aromatic carbocycles. The second-order valence-electron chi connectivity index (χ2n) is 8.38. The van der Waals surface area contributed by atoms with Gasteiger partial charge in [-0.1, -0.05) is 30.3 Å². The smallest absolute Gasteiger partial charge is 0.122 e. The Morgan fingerprint density at radius 1 is 1.04 bits per heavy atom. The van der Waals surface area contributed by atoms with E-state index in [0.29, 0.717) is 12.0 Å².